The van der Waals surface area contributed by atoms with Crippen molar-refractivity contribution in [3.05, 3.63) is 65.8 Å². The zero-order valence-corrected chi connectivity index (χ0v) is 14.7. The summed E-state index contributed by atoms with van der Waals surface area (Å²) in [7, 11) is 0. The van der Waals surface area contributed by atoms with Crippen LogP contribution in [0, 0.1) is 0 Å². The van der Waals surface area contributed by atoms with Gasteiger partial charge in [-0.2, -0.15) is 0 Å². The molecule has 4 aromatic rings. The van der Waals surface area contributed by atoms with Crippen molar-refractivity contribution in [2.24, 2.45) is 0 Å². The summed E-state index contributed by atoms with van der Waals surface area (Å²) in [6.45, 7) is 0. The van der Waals surface area contributed by atoms with Crippen LogP contribution >= 0.6 is 0 Å². The van der Waals surface area contributed by atoms with Crippen molar-refractivity contribution in [3.8, 4) is 17.5 Å². The average Bonchev–Trinajstić information content (AvgIpc) is 3.47. The van der Waals surface area contributed by atoms with E-state index in [-0.39, 0.29) is 5.78 Å². The highest BCUT2D eigenvalue weighted by molar-refractivity contribution is 5.99. The average molecular weight is 374 g/mol. The summed E-state index contributed by atoms with van der Waals surface area (Å²) < 4.78 is 18.8. The molecule has 1 aliphatic heterocycles. The van der Waals surface area contributed by atoms with Crippen molar-refractivity contribution in [1.29, 1.82) is 0 Å². The first-order chi connectivity index (χ1) is 13.8. The van der Waals surface area contributed by atoms with Crippen molar-refractivity contribution < 1.29 is 18.4 Å². The second-order valence-corrected chi connectivity index (χ2v) is 6.81. The Bertz CT molecular complexity index is 1230. The number of nitrogens with zero attached hydrogens (tertiary/aromatic N) is 4. The number of carbonyl (C=O) groups is 1. The number of aromatic nitrogens is 4. The van der Waals surface area contributed by atoms with Gasteiger partial charge in [0, 0.05) is 18.4 Å². The smallest absolute Gasteiger partial charge is 0.228 e. The van der Waals surface area contributed by atoms with Gasteiger partial charge < -0.3 is 13.6 Å². The van der Waals surface area contributed by atoms with Gasteiger partial charge in [-0.25, -0.2) is 14.5 Å². The second kappa shape index (κ2) is 5.66. The molecule has 1 atom stereocenters. The van der Waals surface area contributed by atoms with E-state index in [2.05, 4.69) is 15.1 Å². The Balaban J connectivity index is 1.63. The van der Waals surface area contributed by atoms with E-state index in [4.69, 9.17) is 13.6 Å². The predicted octanol–water partition coefficient (Wildman–Crippen LogP) is 3.51. The third kappa shape index (κ3) is 2.11. The molecular weight excluding hydrogens is 360 g/mol. The number of ketones is 1. The zero-order valence-electron chi connectivity index (χ0n) is 14.7. The van der Waals surface area contributed by atoms with Crippen molar-refractivity contribution in [2.45, 2.75) is 25.2 Å². The van der Waals surface area contributed by atoms with Crippen LogP contribution < -0.4 is 4.74 Å². The number of ether oxygens (including phenoxy) is 1. The molecule has 0 saturated heterocycles. The third-order valence-electron chi connectivity index (χ3n) is 5.16. The van der Waals surface area contributed by atoms with Crippen LogP contribution in [-0.2, 0) is 4.79 Å². The zero-order chi connectivity index (χ0) is 18.7. The summed E-state index contributed by atoms with van der Waals surface area (Å²) >= 11 is 0. The second-order valence-electron chi connectivity index (χ2n) is 6.81. The monoisotopic (exact) mass is 374 g/mol. The lowest BCUT2D eigenvalue weighted by Gasteiger charge is -2.30. The fourth-order valence-electron chi connectivity index (χ4n) is 3.97. The van der Waals surface area contributed by atoms with Gasteiger partial charge in [0.1, 0.15) is 17.8 Å². The minimum absolute atomic E-state index is 0.0704. The third-order valence-corrected chi connectivity index (χ3v) is 5.16. The lowest BCUT2D eigenvalue weighted by atomic mass is 9.80. The summed E-state index contributed by atoms with van der Waals surface area (Å²) in [5.74, 6) is 2.40. The SMILES string of the molecule is O=C1CCCC2=C1C(c1ccco1)c1c(ncn3nc(-c4ccco4)nc13)O2. The molecule has 0 bridgehead atoms. The predicted molar refractivity (Wildman–Crippen MR) is 95.5 cm³/mol. The van der Waals surface area contributed by atoms with E-state index in [1.807, 2.05) is 12.1 Å². The number of Topliss-reactive ketones (excluding diaryl/α,β-unsaturated/α-hetero) is 1. The highest BCUT2D eigenvalue weighted by Crippen LogP contribution is 2.47. The number of allylic oxidation sites excluding steroid dienone is 2. The molecule has 8 nitrogen and oxygen atoms in total. The lowest BCUT2D eigenvalue weighted by molar-refractivity contribution is -0.116. The minimum atomic E-state index is -0.425. The van der Waals surface area contributed by atoms with E-state index in [0.717, 1.165) is 6.42 Å². The van der Waals surface area contributed by atoms with Gasteiger partial charge in [-0.15, -0.1) is 5.10 Å². The first-order valence-corrected chi connectivity index (χ1v) is 9.06. The van der Waals surface area contributed by atoms with E-state index >= 15 is 0 Å². The molecule has 5 heterocycles. The van der Waals surface area contributed by atoms with Gasteiger partial charge in [0.25, 0.3) is 0 Å². The number of furan rings is 2. The maximum absolute atomic E-state index is 12.8. The van der Waals surface area contributed by atoms with Crippen LogP contribution in [0.4, 0.5) is 0 Å². The summed E-state index contributed by atoms with van der Waals surface area (Å²) in [6.07, 6.45) is 6.70. The van der Waals surface area contributed by atoms with E-state index < -0.39 is 5.92 Å². The highest BCUT2D eigenvalue weighted by Gasteiger charge is 2.41. The molecule has 6 rings (SSSR count). The van der Waals surface area contributed by atoms with Crippen LogP contribution in [0.1, 0.15) is 36.5 Å². The molecule has 0 N–H and O–H groups in total. The van der Waals surface area contributed by atoms with E-state index in [1.165, 1.54) is 0 Å². The van der Waals surface area contributed by atoms with Gasteiger partial charge in [-0.3, -0.25) is 4.79 Å². The molecule has 0 fully saturated rings. The Morgan fingerprint density at radius 3 is 2.82 bits per heavy atom. The molecule has 0 aromatic carbocycles. The quantitative estimate of drug-likeness (QED) is 0.530. The van der Waals surface area contributed by atoms with Crippen molar-refractivity contribution in [1.82, 2.24) is 19.6 Å². The minimum Gasteiger partial charge on any atom is -0.468 e. The Labute approximate surface area is 158 Å². The Morgan fingerprint density at radius 1 is 1.11 bits per heavy atom. The number of hydrogen-bond donors (Lipinski definition) is 0. The molecule has 2 aliphatic rings. The molecule has 0 saturated carbocycles. The lowest BCUT2D eigenvalue weighted by Crippen LogP contribution is -2.26. The first-order valence-electron chi connectivity index (χ1n) is 9.06. The number of fused-ring (bicyclic) bond motifs is 3. The topological polar surface area (TPSA) is 95.7 Å². The van der Waals surface area contributed by atoms with Gasteiger partial charge >= 0.3 is 0 Å². The molecule has 138 valence electrons. The summed E-state index contributed by atoms with van der Waals surface area (Å²) in [5, 5.41) is 4.46. The van der Waals surface area contributed by atoms with Crippen molar-refractivity contribution in [3.63, 3.8) is 0 Å². The van der Waals surface area contributed by atoms with E-state index in [9.17, 15) is 4.79 Å². The fraction of sp³-hybridized carbons (Fsp3) is 0.200. The highest BCUT2D eigenvalue weighted by atomic mass is 16.5. The van der Waals surface area contributed by atoms with E-state index in [0.29, 0.717) is 58.6 Å². The van der Waals surface area contributed by atoms with Crippen molar-refractivity contribution in [2.75, 3.05) is 0 Å². The van der Waals surface area contributed by atoms with Gasteiger partial charge in [-0.1, -0.05) is 0 Å². The summed E-state index contributed by atoms with van der Waals surface area (Å²) in [4.78, 5) is 21.9. The molecule has 0 radical (unpaired) electrons. The molecule has 28 heavy (non-hydrogen) atoms. The molecule has 0 amide bonds. The molecule has 1 unspecified atom stereocenters. The normalized spacial score (nSPS) is 18.9. The fourth-order valence-corrected chi connectivity index (χ4v) is 3.97. The molecule has 0 spiro atoms. The maximum atomic E-state index is 12.8. The number of rotatable bonds is 2. The summed E-state index contributed by atoms with van der Waals surface area (Å²) in [6, 6.07) is 7.24. The van der Waals surface area contributed by atoms with Gasteiger partial charge in [0.15, 0.2) is 17.2 Å². The Hall–Kier alpha value is -3.68. The van der Waals surface area contributed by atoms with Gasteiger partial charge in [-0.05, 0) is 30.7 Å². The van der Waals surface area contributed by atoms with Crippen LogP contribution in [0.5, 0.6) is 5.88 Å². The molecule has 4 aromatic heterocycles. The maximum Gasteiger partial charge on any atom is 0.228 e. The summed E-state index contributed by atoms with van der Waals surface area (Å²) in [5.41, 5.74) is 1.87. The van der Waals surface area contributed by atoms with Crippen LogP contribution in [0.2, 0.25) is 0 Å². The molecule has 1 aliphatic carbocycles. The van der Waals surface area contributed by atoms with E-state index in [1.54, 1.807) is 35.5 Å². The standard InChI is InChI=1S/C20H14N4O4/c25-11-4-1-5-13-15(11)16(12-6-2-8-26-12)17-19-22-18(14-7-3-9-27-14)23-24(19)10-21-20(17)28-13/h2-3,6-10,16H,1,4-5H2. The van der Waals surface area contributed by atoms with Gasteiger partial charge in [0.2, 0.25) is 11.7 Å². The van der Waals surface area contributed by atoms with Crippen LogP contribution in [0.25, 0.3) is 17.2 Å². The number of hydrogen-bond acceptors (Lipinski definition) is 7. The Morgan fingerprint density at radius 2 is 2.00 bits per heavy atom. The van der Waals surface area contributed by atoms with Crippen LogP contribution in [0.15, 0.2) is 63.3 Å². The van der Waals surface area contributed by atoms with Crippen LogP contribution in [-0.4, -0.2) is 25.4 Å². The molecular formula is C20H14N4O4. The van der Waals surface area contributed by atoms with Crippen LogP contribution in [0.3, 0.4) is 0 Å². The first kappa shape index (κ1) is 15.4. The van der Waals surface area contributed by atoms with Crippen molar-refractivity contribution >= 4 is 11.4 Å². The Kier molecular flexibility index (Phi) is 3.11. The largest absolute Gasteiger partial charge is 0.468 e. The number of carbonyl (C=O) groups excluding carboxylic acids is 1. The molecule has 8 heteroatoms. The van der Waals surface area contributed by atoms with Gasteiger partial charge in [0.05, 0.1) is 24.0 Å².